The fraction of sp³-hybridized carbons (Fsp3) is 0.250. The monoisotopic (exact) mass is 166 g/mol. The summed E-state index contributed by atoms with van der Waals surface area (Å²) in [6.07, 6.45) is 2.89. The van der Waals surface area contributed by atoms with Crippen LogP contribution in [0.1, 0.15) is 5.56 Å². The van der Waals surface area contributed by atoms with E-state index < -0.39 is 6.09 Å². The summed E-state index contributed by atoms with van der Waals surface area (Å²) in [5.74, 6) is 0. The molecule has 0 atom stereocenters. The molecule has 12 heavy (non-hydrogen) atoms. The minimum atomic E-state index is -0.424. The van der Waals surface area contributed by atoms with Gasteiger partial charge in [-0.05, 0) is 17.7 Å². The van der Waals surface area contributed by atoms with Gasteiger partial charge in [0.2, 0.25) is 0 Å². The van der Waals surface area contributed by atoms with E-state index in [2.05, 4.69) is 10.3 Å². The standard InChI is InChI=1S/C8H10N2O2/c1-9-8(11)12-6-7-2-4-10-5-3-7/h2-5H,6H2,1H3,(H,9,11). The number of ether oxygens (including phenoxy) is 1. The number of nitrogens with one attached hydrogen (secondary N) is 1. The van der Waals surface area contributed by atoms with Crippen LogP contribution in [0.5, 0.6) is 0 Å². The third kappa shape index (κ3) is 2.57. The SMILES string of the molecule is CNC(=O)OCc1ccncc1. The number of hydrogen-bond donors (Lipinski definition) is 1. The van der Waals surface area contributed by atoms with E-state index >= 15 is 0 Å². The molecule has 0 aromatic carbocycles. The summed E-state index contributed by atoms with van der Waals surface area (Å²) in [6.45, 7) is 0.280. The summed E-state index contributed by atoms with van der Waals surface area (Å²) in [6, 6.07) is 3.59. The van der Waals surface area contributed by atoms with Crippen molar-refractivity contribution in [1.82, 2.24) is 10.3 Å². The zero-order valence-electron chi connectivity index (χ0n) is 6.78. The first-order valence-electron chi connectivity index (χ1n) is 3.56. The van der Waals surface area contributed by atoms with E-state index in [-0.39, 0.29) is 6.61 Å². The van der Waals surface area contributed by atoms with Crippen molar-refractivity contribution < 1.29 is 9.53 Å². The van der Waals surface area contributed by atoms with Crippen LogP contribution < -0.4 is 5.32 Å². The Morgan fingerprint density at radius 2 is 2.25 bits per heavy atom. The predicted octanol–water partition coefficient (Wildman–Crippen LogP) is 0.938. The van der Waals surface area contributed by atoms with E-state index in [4.69, 9.17) is 4.74 Å². The van der Waals surface area contributed by atoms with Crippen LogP contribution in [0.3, 0.4) is 0 Å². The van der Waals surface area contributed by atoms with Crippen molar-refractivity contribution in [3.05, 3.63) is 30.1 Å². The summed E-state index contributed by atoms with van der Waals surface area (Å²) in [4.78, 5) is 14.5. The van der Waals surface area contributed by atoms with Gasteiger partial charge in [-0.15, -0.1) is 0 Å². The van der Waals surface area contributed by atoms with E-state index in [1.165, 1.54) is 7.05 Å². The first kappa shape index (κ1) is 8.52. The lowest BCUT2D eigenvalue weighted by Gasteiger charge is -2.02. The molecular weight excluding hydrogens is 156 g/mol. The second-order valence-corrected chi connectivity index (χ2v) is 2.18. The highest BCUT2D eigenvalue weighted by Crippen LogP contribution is 1.97. The lowest BCUT2D eigenvalue weighted by atomic mass is 10.3. The number of pyridine rings is 1. The van der Waals surface area contributed by atoms with Crippen molar-refractivity contribution >= 4 is 6.09 Å². The van der Waals surface area contributed by atoms with Crippen LogP contribution in [-0.2, 0) is 11.3 Å². The van der Waals surface area contributed by atoms with Gasteiger partial charge in [0.1, 0.15) is 6.61 Å². The van der Waals surface area contributed by atoms with Gasteiger partial charge in [0.25, 0.3) is 0 Å². The molecule has 1 amide bonds. The number of rotatable bonds is 2. The Kier molecular flexibility index (Phi) is 3.07. The smallest absolute Gasteiger partial charge is 0.407 e. The Morgan fingerprint density at radius 1 is 1.58 bits per heavy atom. The molecule has 0 saturated heterocycles. The summed E-state index contributed by atoms with van der Waals surface area (Å²) < 4.78 is 4.80. The van der Waals surface area contributed by atoms with Gasteiger partial charge in [-0.25, -0.2) is 4.79 Å². The van der Waals surface area contributed by atoms with Gasteiger partial charge < -0.3 is 10.1 Å². The molecule has 1 aromatic rings. The highest BCUT2D eigenvalue weighted by molar-refractivity contribution is 5.66. The third-order valence-electron chi connectivity index (χ3n) is 1.32. The van der Waals surface area contributed by atoms with Crippen molar-refractivity contribution in [3.8, 4) is 0 Å². The Balaban J connectivity index is 2.38. The van der Waals surface area contributed by atoms with E-state index in [0.29, 0.717) is 0 Å². The molecule has 0 spiro atoms. The largest absolute Gasteiger partial charge is 0.445 e. The number of carbonyl (C=O) groups excluding carboxylic acids is 1. The lowest BCUT2D eigenvalue weighted by molar-refractivity contribution is 0.142. The summed E-state index contributed by atoms with van der Waals surface area (Å²) >= 11 is 0. The Labute approximate surface area is 70.6 Å². The lowest BCUT2D eigenvalue weighted by Crippen LogP contribution is -2.18. The molecule has 4 nitrogen and oxygen atoms in total. The number of aromatic nitrogens is 1. The molecule has 0 aliphatic rings. The summed E-state index contributed by atoms with van der Waals surface area (Å²) in [7, 11) is 1.52. The molecule has 0 aliphatic carbocycles. The molecule has 1 aromatic heterocycles. The zero-order chi connectivity index (χ0) is 8.81. The summed E-state index contributed by atoms with van der Waals surface area (Å²) in [5.41, 5.74) is 0.925. The van der Waals surface area contributed by atoms with Crippen molar-refractivity contribution in [1.29, 1.82) is 0 Å². The molecule has 0 unspecified atom stereocenters. The molecule has 0 radical (unpaired) electrons. The molecular formula is C8H10N2O2. The number of amides is 1. The predicted molar refractivity (Wildman–Crippen MR) is 43.5 cm³/mol. The van der Waals surface area contributed by atoms with Gasteiger partial charge in [-0.2, -0.15) is 0 Å². The second-order valence-electron chi connectivity index (χ2n) is 2.18. The maximum absolute atomic E-state index is 10.6. The van der Waals surface area contributed by atoms with Crippen LogP contribution in [0.4, 0.5) is 4.79 Å². The Hall–Kier alpha value is -1.58. The molecule has 0 saturated carbocycles. The number of nitrogens with zero attached hydrogens (tertiary/aromatic N) is 1. The fourth-order valence-corrected chi connectivity index (χ4v) is 0.700. The molecule has 1 rings (SSSR count). The van der Waals surface area contributed by atoms with Gasteiger partial charge >= 0.3 is 6.09 Å². The maximum atomic E-state index is 10.6. The van der Waals surface area contributed by atoms with Crippen molar-refractivity contribution in [2.45, 2.75) is 6.61 Å². The first-order chi connectivity index (χ1) is 5.83. The van der Waals surface area contributed by atoms with Gasteiger partial charge in [0, 0.05) is 19.4 Å². The van der Waals surface area contributed by atoms with Gasteiger partial charge in [0.05, 0.1) is 0 Å². The zero-order valence-corrected chi connectivity index (χ0v) is 6.78. The Bertz CT molecular complexity index is 248. The fourth-order valence-electron chi connectivity index (χ4n) is 0.700. The minimum Gasteiger partial charge on any atom is -0.445 e. The molecule has 0 fully saturated rings. The van der Waals surface area contributed by atoms with Crippen molar-refractivity contribution in [2.75, 3.05) is 7.05 Å². The topological polar surface area (TPSA) is 51.2 Å². The van der Waals surface area contributed by atoms with Crippen molar-refractivity contribution in [3.63, 3.8) is 0 Å². The van der Waals surface area contributed by atoms with E-state index in [9.17, 15) is 4.79 Å². The highest BCUT2D eigenvalue weighted by atomic mass is 16.5. The van der Waals surface area contributed by atoms with Gasteiger partial charge in [-0.3, -0.25) is 4.98 Å². The van der Waals surface area contributed by atoms with E-state index in [1.54, 1.807) is 24.5 Å². The highest BCUT2D eigenvalue weighted by Gasteiger charge is 1.97. The van der Waals surface area contributed by atoms with Gasteiger partial charge in [0.15, 0.2) is 0 Å². The molecule has 1 heterocycles. The van der Waals surface area contributed by atoms with E-state index in [0.717, 1.165) is 5.56 Å². The third-order valence-corrected chi connectivity index (χ3v) is 1.32. The quantitative estimate of drug-likeness (QED) is 0.711. The molecule has 0 aliphatic heterocycles. The molecule has 1 N–H and O–H groups in total. The van der Waals surface area contributed by atoms with Crippen LogP contribution in [0.25, 0.3) is 0 Å². The average Bonchev–Trinajstić information content (AvgIpc) is 2.16. The van der Waals surface area contributed by atoms with Crippen LogP contribution in [0, 0.1) is 0 Å². The minimum absolute atomic E-state index is 0.280. The second kappa shape index (κ2) is 4.33. The van der Waals surface area contributed by atoms with Gasteiger partial charge in [-0.1, -0.05) is 0 Å². The Morgan fingerprint density at radius 3 is 2.83 bits per heavy atom. The van der Waals surface area contributed by atoms with Crippen molar-refractivity contribution in [2.24, 2.45) is 0 Å². The van der Waals surface area contributed by atoms with Crippen LogP contribution in [0.15, 0.2) is 24.5 Å². The van der Waals surface area contributed by atoms with Crippen LogP contribution >= 0.6 is 0 Å². The number of hydrogen-bond acceptors (Lipinski definition) is 3. The molecule has 4 heteroatoms. The maximum Gasteiger partial charge on any atom is 0.407 e. The van der Waals surface area contributed by atoms with Crippen LogP contribution in [0.2, 0.25) is 0 Å². The summed E-state index contributed by atoms with van der Waals surface area (Å²) in [5, 5.41) is 2.36. The molecule has 0 bridgehead atoms. The molecule has 64 valence electrons. The van der Waals surface area contributed by atoms with E-state index in [1.807, 2.05) is 0 Å². The average molecular weight is 166 g/mol. The number of alkyl carbamates (subject to hydrolysis) is 1. The van der Waals surface area contributed by atoms with Crippen LogP contribution in [-0.4, -0.2) is 18.1 Å². The number of carbonyl (C=O) groups is 1. The normalized spacial score (nSPS) is 9.08. The first-order valence-corrected chi connectivity index (χ1v) is 3.56.